The Labute approximate surface area is 194 Å². The molecule has 0 aliphatic carbocycles. The summed E-state index contributed by atoms with van der Waals surface area (Å²) in [5.41, 5.74) is 7.76. The van der Waals surface area contributed by atoms with Crippen molar-refractivity contribution in [3.63, 3.8) is 0 Å². The van der Waals surface area contributed by atoms with Gasteiger partial charge in [0.05, 0.1) is 5.34 Å². The summed E-state index contributed by atoms with van der Waals surface area (Å²) in [6.07, 6.45) is 0.824. The number of carbonyl (C=O) groups excluding carboxylic acids is 2. The number of nitrogens with zero attached hydrogens (tertiary/aromatic N) is 2. The van der Waals surface area contributed by atoms with Gasteiger partial charge in [0.2, 0.25) is 6.79 Å². The molecule has 2 aromatic rings. The Bertz CT molecular complexity index is 969. The number of carbonyl (C=O) groups is 2. The van der Waals surface area contributed by atoms with Crippen LogP contribution in [0, 0.1) is 0 Å². The monoisotopic (exact) mass is 478 g/mol. The van der Waals surface area contributed by atoms with Gasteiger partial charge in [0, 0.05) is 18.7 Å². The van der Waals surface area contributed by atoms with Crippen molar-refractivity contribution in [1.29, 1.82) is 0 Å². The molecule has 4 N–H and O–H groups in total. The van der Waals surface area contributed by atoms with E-state index >= 15 is 0 Å². The van der Waals surface area contributed by atoms with Crippen LogP contribution in [0.15, 0.2) is 48.5 Å². The molecule has 0 spiro atoms. The van der Waals surface area contributed by atoms with Crippen LogP contribution < -0.4 is 20.8 Å². The van der Waals surface area contributed by atoms with E-state index in [-0.39, 0.29) is 22.1 Å². The van der Waals surface area contributed by atoms with Gasteiger partial charge in [-0.15, -0.1) is 0 Å². The third-order valence-electron chi connectivity index (χ3n) is 4.34. The quantitative estimate of drug-likeness (QED) is 0.151. The van der Waals surface area contributed by atoms with Crippen LogP contribution in [0.2, 0.25) is 0 Å². The minimum absolute atomic E-state index is 0.0501. The number of esters is 1. The van der Waals surface area contributed by atoms with Crippen molar-refractivity contribution < 1.29 is 38.8 Å². The number of nitrogens with one attached hydrogen (secondary N) is 1. The number of para-hydroxylation sites is 1. The summed E-state index contributed by atoms with van der Waals surface area (Å²) in [6, 6.07) is 12.1. The summed E-state index contributed by atoms with van der Waals surface area (Å²) in [5, 5.41) is 11.1. The van der Waals surface area contributed by atoms with Gasteiger partial charge >= 0.3 is 12.1 Å². The first kappa shape index (κ1) is 24.5. The van der Waals surface area contributed by atoms with E-state index in [0.29, 0.717) is 24.0 Å². The summed E-state index contributed by atoms with van der Waals surface area (Å²) in [4.78, 5) is 34.9. The third kappa shape index (κ3) is 7.44. The van der Waals surface area contributed by atoms with Gasteiger partial charge in [-0.3, -0.25) is 5.21 Å². The molecule has 0 atom stereocenters. The first-order chi connectivity index (χ1) is 16.0. The Morgan fingerprint density at radius 3 is 2.45 bits per heavy atom. The van der Waals surface area contributed by atoms with Gasteiger partial charge in [0.15, 0.2) is 0 Å². The number of rotatable bonds is 10. The third-order valence-corrected chi connectivity index (χ3v) is 4.57. The van der Waals surface area contributed by atoms with Crippen LogP contribution in [0.25, 0.3) is 0 Å². The molecule has 0 bridgehead atoms. The molecule has 0 aromatic heterocycles. The number of thiocarbonyl (C=S) groups is 1. The highest BCUT2D eigenvalue weighted by atomic mass is 32.1. The molecule has 33 heavy (non-hydrogen) atoms. The zero-order chi connectivity index (χ0) is 23.6. The Morgan fingerprint density at radius 1 is 1.09 bits per heavy atom. The zero-order valence-electron chi connectivity index (χ0n) is 17.3. The van der Waals surface area contributed by atoms with E-state index < -0.39 is 18.9 Å². The Kier molecular flexibility index (Phi) is 9.03. The number of hydrogen-bond acceptors (Lipinski definition) is 12. The largest absolute Gasteiger partial charge is 0.519 e. The molecule has 0 saturated carbocycles. The maximum Gasteiger partial charge on any atom is 0.519 e. The van der Waals surface area contributed by atoms with Gasteiger partial charge in [0.25, 0.3) is 0 Å². The highest BCUT2D eigenvalue weighted by Gasteiger charge is 2.20. The lowest BCUT2D eigenvalue weighted by molar-refractivity contribution is -0.509. The average Bonchev–Trinajstić information content (AvgIpc) is 3.32. The van der Waals surface area contributed by atoms with E-state index in [2.05, 4.69) is 0 Å². The minimum Gasteiger partial charge on any atom is -0.433 e. The SMILES string of the molecule is NC(=S)c1ccc(OC(=O)Oc2ccccc2C(=O)OCON(NO)ON2CCCC2)cc1. The lowest BCUT2D eigenvalue weighted by atomic mass is 10.2. The molecule has 1 heterocycles. The molecule has 1 aliphatic rings. The van der Waals surface area contributed by atoms with Crippen LogP contribution in [0.3, 0.4) is 0 Å². The fraction of sp³-hybridized carbons (Fsp3) is 0.250. The number of hydroxylamine groups is 2. The number of hydrazine groups is 1. The van der Waals surface area contributed by atoms with Crippen molar-refractivity contribution in [1.82, 2.24) is 16.0 Å². The van der Waals surface area contributed by atoms with Crippen LogP contribution in [0.5, 0.6) is 11.5 Å². The van der Waals surface area contributed by atoms with E-state index in [1.54, 1.807) is 34.9 Å². The topological polar surface area (TPSA) is 145 Å². The normalized spacial score (nSPS) is 13.6. The van der Waals surface area contributed by atoms with Crippen LogP contribution in [0.1, 0.15) is 28.8 Å². The number of nitrogens with two attached hydrogens (primary N) is 1. The second kappa shape index (κ2) is 12.2. The highest BCUT2D eigenvalue weighted by Crippen LogP contribution is 2.21. The highest BCUT2D eigenvalue weighted by molar-refractivity contribution is 7.80. The van der Waals surface area contributed by atoms with Gasteiger partial charge in [0.1, 0.15) is 22.1 Å². The summed E-state index contributed by atoms with van der Waals surface area (Å²) >= 11 is 4.87. The van der Waals surface area contributed by atoms with Crippen LogP contribution >= 0.6 is 12.2 Å². The van der Waals surface area contributed by atoms with Gasteiger partial charge in [-0.1, -0.05) is 29.9 Å². The lowest BCUT2D eigenvalue weighted by Gasteiger charge is -2.22. The Hall–Kier alpha value is -3.17. The summed E-state index contributed by atoms with van der Waals surface area (Å²) in [6.45, 7) is 0.716. The average molecular weight is 478 g/mol. The van der Waals surface area contributed by atoms with Crippen LogP contribution in [-0.2, 0) is 14.5 Å². The van der Waals surface area contributed by atoms with Crippen molar-refractivity contribution in [2.24, 2.45) is 5.73 Å². The summed E-state index contributed by atoms with van der Waals surface area (Å²) in [5.74, 6) is -0.737. The molecule has 1 saturated heterocycles. The predicted octanol–water partition coefficient (Wildman–Crippen LogP) is 2.08. The predicted molar refractivity (Wildman–Crippen MR) is 115 cm³/mol. The first-order valence-electron chi connectivity index (χ1n) is 9.78. The van der Waals surface area contributed by atoms with E-state index in [9.17, 15) is 9.59 Å². The Morgan fingerprint density at radius 2 is 1.79 bits per heavy atom. The molecule has 0 radical (unpaired) electrons. The van der Waals surface area contributed by atoms with Crippen molar-refractivity contribution in [2.45, 2.75) is 12.8 Å². The second-order valence-corrected chi connectivity index (χ2v) is 7.03. The lowest BCUT2D eigenvalue weighted by Crippen LogP contribution is -2.42. The molecule has 176 valence electrons. The molecule has 12 nitrogen and oxygen atoms in total. The van der Waals surface area contributed by atoms with E-state index in [1.807, 2.05) is 0 Å². The number of ether oxygens (including phenoxy) is 3. The minimum atomic E-state index is -1.07. The number of benzene rings is 2. The molecule has 0 unspecified atom stereocenters. The molecule has 13 heteroatoms. The van der Waals surface area contributed by atoms with Crippen LogP contribution in [-0.4, -0.2) is 52.6 Å². The molecule has 1 aliphatic heterocycles. The van der Waals surface area contributed by atoms with Crippen molar-refractivity contribution in [3.05, 3.63) is 59.7 Å². The maximum atomic E-state index is 12.4. The smallest absolute Gasteiger partial charge is 0.433 e. The van der Waals surface area contributed by atoms with Gasteiger partial charge < -0.3 is 19.9 Å². The van der Waals surface area contributed by atoms with E-state index in [4.69, 9.17) is 47.1 Å². The second-order valence-electron chi connectivity index (χ2n) is 6.59. The van der Waals surface area contributed by atoms with E-state index in [0.717, 1.165) is 12.8 Å². The molecular weight excluding hydrogens is 456 g/mol. The Balaban J connectivity index is 1.52. The molecule has 0 amide bonds. The summed E-state index contributed by atoms with van der Waals surface area (Å²) in [7, 11) is 0. The standard InChI is InChI=1S/C20H22N4O8S/c21-18(33)14-7-9-15(10-8-14)30-20(26)31-17-6-2-1-5-16(17)19(25)28-13-29-24(22-27)32-23-11-3-4-12-23/h1-2,5-10,22,27H,3-4,11-13H2,(H2,21,33). The molecule has 3 rings (SSSR count). The van der Waals surface area contributed by atoms with Crippen molar-refractivity contribution >= 4 is 29.3 Å². The molecule has 2 aromatic carbocycles. The van der Waals surface area contributed by atoms with Crippen molar-refractivity contribution in [2.75, 3.05) is 19.9 Å². The van der Waals surface area contributed by atoms with Crippen LogP contribution in [0.4, 0.5) is 4.79 Å². The zero-order valence-corrected chi connectivity index (χ0v) is 18.2. The number of hydrogen-bond donors (Lipinski definition) is 3. The first-order valence-corrected chi connectivity index (χ1v) is 10.2. The van der Waals surface area contributed by atoms with Gasteiger partial charge in [-0.2, -0.15) is 10.0 Å². The maximum absolute atomic E-state index is 12.4. The van der Waals surface area contributed by atoms with Gasteiger partial charge in [-0.05, 0) is 49.2 Å². The fourth-order valence-corrected chi connectivity index (χ4v) is 2.91. The fourth-order valence-electron chi connectivity index (χ4n) is 2.77. The van der Waals surface area contributed by atoms with Gasteiger partial charge in [-0.25, -0.2) is 14.4 Å². The van der Waals surface area contributed by atoms with E-state index in [1.165, 1.54) is 24.3 Å². The summed E-state index contributed by atoms with van der Waals surface area (Å²) < 4.78 is 15.2. The molecule has 1 fully saturated rings. The molecular formula is C20H22N4O8S. The van der Waals surface area contributed by atoms with Crippen molar-refractivity contribution in [3.8, 4) is 11.5 Å².